The Kier molecular flexibility index (Phi) is 4.04. The van der Waals surface area contributed by atoms with E-state index < -0.39 is 6.09 Å². The monoisotopic (exact) mass is 262 g/mol. The molecule has 0 aromatic heterocycles. The molecular formula is C14H18N2O3. The second kappa shape index (κ2) is 5.73. The fourth-order valence-corrected chi connectivity index (χ4v) is 2.04. The topological polar surface area (TPSA) is 49.9 Å². The SMILES string of the molecule is C[C@@H](CC(=O)N1CCOC1=O)N(C)c1ccccc1. The molecule has 1 aliphatic rings. The lowest BCUT2D eigenvalue weighted by atomic mass is 10.1. The summed E-state index contributed by atoms with van der Waals surface area (Å²) in [4.78, 5) is 26.5. The van der Waals surface area contributed by atoms with Crippen molar-refractivity contribution in [2.24, 2.45) is 0 Å². The minimum atomic E-state index is -0.528. The number of ether oxygens (including phenoxy) is 1. The molecule has 0 spiro atoms. The smallest absolute Gasteiger partial charge is 0.416 e. The highest BCUT2D eigenvalue weighted by Gasteiger charge is 2.29. The molecule has 1 atom stereocenters. The normalized spacial score (nSPS) is 16.1. The van der Waals surface area contributed by atoms with Gasteiger partial charge in [-0.15, -0.1) is 0 Å². The van der Waals surface area contributed by atoms with E-state index in [9.17, 15) is 9.59 Å². The summed E-state index contributed by atoms with van der Waals surface area (Å²) in [7, 11) is 1.94. The van der Waals surface area contributed by atoms with E-state index in [4.69, 9.17) is 4.74 Å². The van der Waals surface area contributed by atoms with E-state index in [0.29, 0.717) is 19.6 Å². The first-order chi connectivity index (χ1) is 9.09. The number of carbonyl (C=O) groups excluding carboxylic acids is 2. The van der Waals surface area contributed by atoms with Gasteiger partial charge in [0.15, 0.2) is 0 Å². The van der Waals surface area contributed by atoms with Crippen molar-refractivity contribution in [2.75, 3.05) is 25.1 Å². The quantitative estimate of drug-likeness (QED) is 0.831. The summed E-state index contributed by atoms with van der Waals surface area (Å²) < 4.78 is 4.77. The van der Waals surface area contributed by atoms with Crippen LogP contribution in [-0.4, -0.2) is 43.1 Å². The number of imide groups is 1. The molecule has 0 N–H and O–H groups in total. The van der Waals surface area contributed by atoms with Crippen molar-refractivity contribution in [3.05, 3.63) is 30.3 Å². The van der Waals surface area contributed by atoms with Crippen LogP contribution in [0.15, 0.2) is 30.3 Å². The van der Waals surface area contributed by atoms with Gasteiger partial charge in [-0.1, -0.05) is 18.2 Å². The highest BCUT2D eigenvalue weighted by Crippen LogP contribution is 2.17. The lowest BCUT2D eigenvalue weighted by Gasteiger charge is -2.27. The summed E-state index contributed by atoms with van der Waals surface area (Å²) >= 11 is 0. The Morgan fingerprint density at radius 2 is 2.11 bits per heavy atom. The van der Waals surface area contributed by atoms with E-state index in [2.05, 4.69) is 0 Å². The van der Waals surface area contributed by atoms with Crippen molar-refractivity contribution in [3.8, 4) is 0 Å². The first kappa shape index (κ1) is 13.4. The van der Waals surface area contributed by atoms with Gasteiger partial charge in [-0.3, -0.25) is 4.79 Å². The van der Waals surface area contributed by atoms with Crippen molar-refractivity contribution in [1.29, 1.82) is 0 Å². The van der Waals surface area contributed by atoms with Crippen molar-refractivity contribution < 1.29 is 14.3 Å². The van der Waals surface area contributed by atoms with Gasteiger partial charge in [-0.25, -0.2) is 9.69 Å². The summed E-state index contributed by atoms with van der Waals surface area (Å²) in [5.74, 6) is -0.183. The Morgan fingerprint density at radius 3 is 2.68 bits per heavy atom. The molecule has 0 bridgehead atoms. The largest absolute Gasteiger partial charge is 0.447 e. The average Bonchev–Trinajstić information content (AvgIpc) is 2.85. The van der Waals surface area contributed by atoms with Crippen molar-refractivity contribution >= 4 is 17.7 Å². The Labute approximate surface area is 112 Å². The standard InChI is InChI=1S/C14H18N2O3/c1-11(15(2)12-6-4-3-5-7-12)10-13(17)16-8-9-19-14(16)18/h3-7,11H,8-10H2,1-2H3/t11-/m0/s1. The zero-order chi connectivity index (χ0) is 13.8. The van der Waals surface area contributed by atoms with E-state index in [0.717, 1.165) is 5.69 Å². The molecule has 102 valence electrons. The summed E-state index contributed by atoms with van der Waals surface area (Å²) in [5, 5.41) is 0. The number of para-hydroxylation sites is 1. The molecule has 0 unspecified atom stereocenters. The zero-order valence-corrected chi connectivity index (χ0v) is 11.2. The van der Waals surface area contributed by atoms with E-state index >= 15 is 0 Å². The first-order valence-corrected chi connectivity index (χ1v) is 6.34. The maximum atomic E-state index is 12.0. The molecule has 1 fully saturated rings. The lowest BCUT2D eigenvalue weighted by Crippen LogP contribution is -2.38. The van der Waals surface area contributed by atoms with Crippen LogP contribution >= 0.6 is 0 Å². The third-order valence-electron chi connectivity index (χ3n) is 3.36. The van der Waals surface area contributed by atoms with E-state index in [1.807, 2.05) is 49.2 Å². The average molecular weight is 262 g/mol. The third kappa shape index (κ3) is 3.05. The van der Waals surface area contributed by atoms with Gasteiger partial charge < -0.3 is 9.64 Å². The van der Waals surface area contributed by atoms with Gasteiger partial charge in [0.2, 0.25) is 5.91 Å². The van der Waals surface area contributed by atoms with E-state index in [1.54, 1.807) is 0 Å². The number of anilines is 1. The number of rotatable bonds is 4. The molecule has 1 saturated heterocycles. The number of hydrogen-bond donors (Lipinski definition) is 0. The fraction of sp³-hybridized carbons (Fsp3) is 0.429. The summed E-state index contributed by atoms with van der Waals surface area (Å²) in [5.41, 5.74) is 1.05. The van der Waals surface area contributed by atoms with E-state index in [1.165, 1.54) is 4.90 Å². The summed E-state index contributed by atoms with van der Waals surface area (Å²) in [6, 6.07) is 9.86. The molecule has 1 aliphatic heterocycles. The van der Waals surface area contributed by atoms with Gasteiger partial charge in [0.1, 0.15) is 6.61 Å². The molecule has 2 rings (SSSR count). The minimum absolute atomic E-state index is 0.0169. The number of amides is 2. The minimum Gasteiger partial charge on any atom is -0.447 e. The molecule has 19 heavy (non-hydrogen) atoms. The van der Waals surface area contributed by atoms with Crippen LogP contribution in [0, 0.1) is 0 Å². The maximum absolute atomic E-state index is 12.0. The van der Waals surface area contributed by atoms with Crippen molar-refractivity contribution in [2.45, 2.75) is 19.4 Å². The van der Waals surface area contributed by atoms with Gasteiger partial charge in [0.25, 0.3) is 0 Å². The van der Waals surface area contributed by atoms with Crippen molar-refractivity contribution in [1.82, 2.24) is 4.90 Å². The van der Waals surface area contributed by atoms with E-state index in [-0.39, 0.29) is 11.9 Å². The Bertz CT molecular complexity index is 461. The Balaban J connectivity index is 1.95. The van der Waals surface area contributed by atoms with Gasteiger partial charge in [0, 0.05) is 25.2 Å². The molecule has 0 saturated carbocycles. The Morgan fingerprint density at radius 1 is 1.42 bits per heavy atom. The predicted molar refractivity (Wildman–Crippen MR) is 72.0 cm³/mol. The highest BCUT2D eigenvalue weighted by molar-refractivity contribution is 5.93. The number of nitrogens with zero attached hydrogens (tertiary/aromatic N) is 2. The van der Waals surface area contributed by atoms with Crippen LogP contribution in [0.3, 0.4) is 0 Å². The van der Waals surface area contributed by atoms with Crippen molar-refractivity contribution in [3.63, 3.8) is 0 Å². The molecule has 0 radical (unpaired) electrons. The van der Waals surface area contributed by atoms with Crippen LogP contribution in [0.1, 0.15) is 13.3 Å². The first-order valence-electron chi connectivity index (χ1n) is 6.34. The molecule has 1 aromatic rings. The fourth-order valence-electron chi connectivity index (χ4n) is 2.04. The van der Waals surface area contributed by atoms with Crippen LogP contribution in [0.2, 0.25) is 0 Å². The van der Waals surface area contributed by atoms with Crippen LogP contribution in [0.4, 0.5) is 10.5 Å². The number of hydrogen-bond acceptors (Lipinski definition) is 4. The molecule has 5 nitrogen and oxygen atoms in total. The number of benzene rings is 1. The van der Waals surface area contributed by atoms with Gasteiger partial charge in [-0.05, 0) is 19.1 Å². The molecule has 1 aromatic carbocycles. The van der Waals surface area contributed by atoms with Gasteiger partial charge in [-0.2, -0.15) is 0 Å². The Hall–Kier alpha value is -2.04. The van der Waals surface area contributed by atoms with Gasteiger partial charge >= 0.3 is 6.09 Å². The van der Waals surface area contributed by atoms with Crippen LogP contribution in [0.25, 0.3) is 0 Å². The number of carbonyl (C=O) groups is 2. The van der Waals surface area contributed by atoms with Crippen LogP contribution in [0.5, 0.6) is 0 Å². The maximum Gasteiger partial charge on any atom is 0.416 e. The molecule has 1 heterocycles. The molecule has 2 amide bonds. The zero-order valence-electron chi connectivity index (χ0n) is 11.2. The highest BCUT2D eigenvalue weighted by atomic mass is 16.6. The second-order valence-electron chi connectivity index (χ2n) is 4.66. The van der Waals surface area contributed by atoms with Gasteiger partial charge in [0.05, 0.1) is 6.54 Å². The van der Waals surface area contributed by atoms with Crippen LogP contribution < -0.4 is 4.90 Å². The van der Waals surface area contributed by atoms with Crippen LogP contribution in [-0.2, 0) is 9.53 Å². The summed E-state index contributed by atoms with van der Waals surface area (Å²) in [6.45, 7) is 2.62. The molecule has 0 aliphatic carbocycles. The number of cyclic esters (lactones) is 1. The molecule has 5 heteroatoms. The second-order valence-corrected chi connectivity index (χ2v) is 4.66. The third-order valence-corrected chi connectivity index (χ3v) is 3.36. The lowest BCUT2D eigenvalue weighted by molar-refractivity contribution is -0.128. The molecular weight excluding hydrogens is 244 g/mol. The summed E-state index contributed by atoms with van der Waals surface area (Å²) in [6.07, 6.45) is -0.236. The predicted octanol–water partition coefficient (Wildman–Crippen LogP) is 1.88.